The third kappa shape index (κ3) is 3.26. The van der Waals surface area contributed by atoms with E-state index in [2.05, 4.69) is 41.1 Å². The topological polar surface area (TPSA) is 54.2 Å². The molecule has 0 aliphatic carbocycles. The summed E-state index contributed by atoms with van der Waals surface area (Å²) in [7, 11) is 0. The fourth-order valence-electron chi connectivity index (χ4n) is 2.00. The summed E-state index contributed by atoms with van der Waals surface area (Å²) in [5.41, 5.74) is 0. The van der Waals surface area contributed by atoms with Crippen molar-refractivity contribution >= 4 is 0 Å². The molecule has 1 saturated heterocycles. The van der Waals surface area contributed by atoms with Gasteiger partial charge in [-0.1, -0.05) is 25.9 Å². The smallest absolute Gasteiger partial charge is 0.226 e. The van der Waals surface area contributed by atoms with Crippen molar-refractivity contribution in [1.29, 1.82) is 0 Å². The second-order valence-electron chi connectivity index (χ2n) is 5.08. The molecule has 1 aliphatic heterocycles. The third-order valence-electron chi connectivity index (χ3n) is 3.12. The molecule has 1 aromatic heterocycles. The monoisotopic (exact) mass is 238 g/mol. The van der Waals surface area contributed by atoms with E-state index in [0.29, 0.717) is 12.0 Å². The lowest BCUT2D eigenvalue weighted by atomic mass is 10.1. The molecule has 5 heteroatoms. The summed E-state index contributed by atoms with van der Waals surface area (Å²) < 4.78 is 5.25. The molecule has 0 amide bonds. The van der Waals surface area contributed by atoms with Crippen LogP contribution in [0.2, 0.25) is 0 Å². The number of likely N-dealkylation sites (N-methyl/N-ethyl adjacent to an activating group) is 1. The van der Waals surface area contributed by atoms with E-state index in [0.717, 1.165) is 44.3 Å². The molecule has 1 aliphatic rings. The molecule has 0 spiro atoms. The molecule has 0 atom stereocenters. The van der Waals surface area contributed by atoms with Crippen molar-refractivity contribution < 1.29 is 4.52 Å². The Morgan fingerprint density at radius 1 is 1.47 bits per heavy atom. The van der Waals surface area contributed by atoms with Gasteiger partial charge in [-0.3, -0.25) is 4.90 Å². The number of hydrogen-bond acceptors (Lipinski definition) is 5. The first-order chi connectivity index (χ1) is 8.19. The molecular weight excluding hydrogens is 216 g/mol. The van der Waals surface area contributed by atoms with E-state index in [1.54, 1.807) is 0 Å². The van der Waals surface area contributed by atoms with Gasteiger partial charge >= 0.3 is 0 Å². The van der Waals surface area contributed by atoms with Crippen molar-refractivity contribution in [1.82, 2.24) is 20.4 Å². The van der Waals surface area contributed by atoms with Crippen LogP contribution >= 0.6 is 0 Å². The molecule has 1 N–H and O–H groups in total. The van der Waals surface area contributed by atoms with Gasteiger partial charge in [0.15, 0.2) is 5.82 Å². The first-order valence-electron chi connectivity index (χ1n) is 6.45. The molecule has 0 bridgehead atoms. The average molecular weight is 238 g/mol. The summed E-state index contributed by atoms with van der Waals surface area (Å²) in [5, 5.41) is 7.34. The molecule has 1 fully saturated rings. The van der Waals surface area contributed by atoms with Crippen LogP contribution in [-0.4, -0.2) is 40.7 Å². The van der Waals surface area contributed by atoms with Gasteiger partial charge in [-0.15, -0.1) is 0 Å². The predicted octanol–water partition coefficient (Wildman–Crippen LogP) is 1.06. The summed E-state index contributed by atoms with van der Waals surface area (Å²) in [6, 6.07) is 0.632. The van der Waals surface area contributed by atoms with Crippen LogP contribution in [0.3, 0.4) is 0 Å². The summed E-state index contributed by atoms with van der Waals surface area (Å²) in [6.45, 7) is 10.5. The van der Waals surface area contributed by atoms with Crippen LogP contribution in [0.25, 0.3) is 0 Å². The van der Waals surface area contributed by atoms with Crippen LogP contribution in [0.15, 0.2) is 4.52 Å². The fraction of sp³-hybridized carbons (Fsp3) is 0.833. The lowest BCUT2D eigenvalue weighted by Gasteiger charge is -2.36. The van der Waals surface area contributed by atoms with Crippen molar-refractivity contribution in [3.63, 3.8) is 0 Å². The summed E-state index contributed by atoms with van der Waals surface area (Å²) in [4.78, 5) is 6.83. The molecule has 96 valence electrons. The highest BCUT2D eigenvalue weighted by Gasteiger charge is 2.24. The summed E-state index contributed by atoms with van der Waals surface area (Å²) in [6.07, 6.45) is 0.865. The minimum absolute atomic E-state index is 0.557. The minimum Gasteiger partial charge on any atom is -0.339 e. The molecular formula is C12H22N4O. The Morgan fingerprint density at radius 3 is 2.76 bits per heavy atom. The van der Waals surface area contributed by atoms with Crippen LogP contribution in [-0.2, 0) is 13.0 Å². The van der Waals surface area contributed by atoms with Gasteiger partial charge in [-0.2, -0.15) is 4.98 Å². The van der Waals surface area contributed by atoms with Crippen LogP contribution < -0.4 is 5.32 Å². The number of nitrogens with one attached hydrogen (secondary N) is 1. The number of aromatic nitrogens is 2. The molecule has 0 unspecified atom stereocenters. The first-order valence-corrected chi connectivity index (χ1v) is 6.45. The predicted molar refractivity (Wildman–Crippen MR) is 65.6 cm³/mol. The van der Waals surface area contributed by atoms with E-state index < -0.39 is 0 Å². The van der Waals surface area contributed by atoms with Crippen LogP contribution in [0.4, 0.5) is 0 Å². The van der Waals surface area contributed by atoms with Crippen molar-refractivity contribution in [3.8, 4) is 0 Å². The van der Waals surface area contributed by atoms with Crippen molar-refractivity contribution in [2.24, 2.45) is 5.92 Å². The van der Waals surface area contributed by atoms with E-state index in [-0.39, 0.29) is 0 Å². The Morgan fingerprint density at radius 2 is 2.24 bits per heavy atom. The van der Waals surface area contributed by atoms with E-state index in [4.69, 9.17) is 4.52 Å². The molecule has 2 rings (SSSR count). The highest BCUT2D eigenvalue weighted by molar-refractivity contribution is 4.91. The van der Waals surface area contributed by atoms with Gasteiger partial charge in [-0.05, 0) is 12.5 Å². The zero-order valence-electron chi connectivity index (χ0n) is 10.9. The SMILES string of the molecule is CCN(Cc1noc(CC(C)C)n1)C1CNC1. The lowest BCUT2D eigenvalue weighted by Crippen LogP contribution is -2.56. The average Bonchev–Trinajstić information content (AvgIpc) is 2.60. The van der Waals surface area contributed by atoms with Crippen LogP contribution in [0.1, 0.15) is 32.5 Å². The third-order valence-corrected chi connectivity index (χ3v) is 3.12. The Hall–Kier alpha value is -0.940. The molecule has 17 heavy (non-hydrogen) atoms. The van der Waals surface area contributed by atoms with Crippen LogP contribution in [0, 0.1) is 5.92 Å². The number of nitrogens with zero attached hydrogens (tertiary/aromatic N) is 3. The zero-order valence-corrected chi connectivity index (χ0v) is 10.9. The molecule has 1 aromatic rings. The second kappa shape index (κ2) is 5.60. The molecule has 5 nitrogen and oxygen atoms in total. The van der Waals surface area contributed by atoms with Gasteiger partial charge < -0.3 is 9.84 Å². The Balaban J connectivity index is 1.90. The number of rotatable bonds is 6. The van der Waals surface area contributed by atoms with Gasteiger partial charge in [0.1, 0.15) is 0 Å². The van der Waals surface area contributed by atoms with Gasteiger partial charge in [0.05, 0.1) is 6.54 Å². The van der Waals surface area contributed by atoms with Gasteiger partial charge in [-0.25, -0.2) is 0 Å². The highest BCUT2D eigenvalue weighted by Crippen LogP contribution is 2.11. The van der Waals surface area contributed by atoms with E-state index in [9.17, 15) is 0 Å². The van der Waals surface area contributed by atoms with Crippen molar-refractivity contribution in [3.05, 3.63) is 11.7 Å². The van der Waals surface area contributed by atoms with Gasteiger partial charge in [0.2, 0.25) is 5.89 Å². The zero-order chi connectivity index (χ0) is 12.3. The molecule has 2 heterocycles. The molecule has 0 aromatic carbocycles. The minimum atomic E-state index is 0.557. The first kappa shape index (κ1) is 12.5. The van der Waals surface area contributed by atoms with E-state index in [1.807, 2.05) is 0 Å². The summed E-state index contributed by atoms with van der Waals surface area (Å²) in [5.74, 6) is 2.13. The maximum Gasteiger partial charge on any atom is 0.226 e. The van der Waals surface area contributed by atoms with Crippen molar-refractivity contribution in [2.45, 2.75) is 39.8 Å². The normalized spacial score (nSPS) is 16.8. The maximum absolute atomic E-state index is 5.25. The standard InChI is InChI=1S/C12H22N4O/c1-4-16(10-6-13-7-10)8-11-14-12(17-15-11)5-9(2)3/h9-10,13H,4-8H2,1-3H3. The van der Waals surface area contributed by atoms with Gasteiger partial charge in [0.25, 0.3) is 0 Å². The second-order valence-corrected chi connectivity index (χ2v) is 5.08. The van der Waals surface area contributed by atoms with Crippen LogP contribution in [0.5, 0.6) is 0 Å². The van der Waals surface area contributed by atoms with E-state index in [1.165, 1.54) is 0 Å². The quantitative estimate of drug-likeness (QED) is 0.803. The Kier molecular flexibility index (Phi) is 4.12. The lowest BCUT2D eigenvalue weighted by molar-refractivity contribution is 0.140. The Bertz CT molecular complexity index is 346. The Labute approximate surface area is 103 Å². The summed E-state index contributed by atoms with van der Waals surface area (Å²) >= 11 is 0. The van der Waals surface area contributed by atoms with E-state index >= 15 is 0 Å². The molecule has 0 saturated carbocycles. The van der Waals surface area contributed by atoms with Crippen molar-refractivity contribution in [2.75, 3.05) is 19.6 Å². The molecule has 0 radical (unpaired) electrons. The largest absolute Gasteiger partial charge is 0.339 e. The maximum atomic E-state index is 5.25. The fourth-order valence-corrected chi connectivity index (χ4v) is 2.00. The number of hydrogen-bond donors (Lipinski definition) is 1. The highest BCUT2D eigenvalue weighted by atomic mass is 16.5. The van der Waals surface area contributed by atoms with Gasteiger partial charge in [0, 0.05) is 25.6 Å².